The van der Waals surface area contributed by atoms with Crippen molar-refractivity contribution in [1.82, 2.24) is 0 Å². The van der Waals surface area contributed by atoms with Gasteiger partial charge in [0.25, 0.3) is 0 Å². The Hall–Kier alpha value is -2.25. The highest BCUT2D eigenvalue weighted by Crippen LogP contribution is 2.38. The lowest BCUT2D eigenvalue weighted by Gasteiger charge is -2.10. The number of hydrogen-bond donors (Lipinski definition) is 1. The Labute approximate surface area is 134 Å². The Kier molecular flexibility index (Phi) is 4.17. The van der Waals surface area contributed by atoms with E-state index in [1.165, 1.54) is 16.0 Å². The number of carbonyl (C=O) groups excluding carboxylic acids is 1. The second kappa shape index (κ2) is 6.25. The van der Waals surface area contributed by atoms with Gasteiger partial charge in [0.2, 0.25) is 5.91 Å². The van der Waals surface area contributed by atoms with Crippen LogP contribution in [0.2, 0.25) is 0 Å². The lowest BCUT2D eigenvalue weighted by Crippen LogP contribution is -2.24. The first-order chi connectivity index (χ1) is 10.7. The van der Waals surface area contributed by atoms with Crippen LogP contribution in [0.15, 0.2) is 47.4 Å². The number of anilines is 1. The highest BCUT2D eigenvalue weighted by atomic mass is 32.2. The van der Waals surface area contributed by atoms with E-state index in [0.29, 0.717) is 6.42 Å². The third-order valence-corrected chi connectivity index (χ3v) is 4.99. The van der Waals surface area contributed by atoms with Crippen LogP contribution in [0.5, 0.6) is 0 Å². The molecule has 0 aliphatic carbocycles. The van der Waals surface area contributed by atoms with Crippen molar-refractivity contribution in [3.63, 3.8) is 0 Å². The molecule has 110 valence electrons. The number of rotatable bonds is 3. The van der Waals surface area contributed by atoms with E-state index in [1.54, 1.807) is 11.8 Å². The molecule has 2 aromatic carbocycles. The molecular formula is C18H16N2OS. The summed E-state index contributed by atoms with van der Waals surface area (Å²) in [5.74, 6) is 0.0342. The van der Waals surface area contributed by atoms with Crippen LogP contribution < -0.4 is 5.32 Å². The zero-order chi connectivity index (χ0) is 15.5. The maximum Gasteiger partial charge on any atom is 0.238 e. The average molecular weight is 308 g/mol. The van der Waals surface area contributed by atoms with Crippen LogP contribution in [0.3, 0.4) is 0 Å². The van der Waals surface area contributed by atoms with Crippen LogP contribution in [0.1, 0.15) is 16.7 Å². The van der Waals surface area contributed by atoms with Gasteiger partial charge in [-0.1, -0.05) is 29.8 Å². The van der Waals surface area contributed by atoms with Gasteiger partial charge in [0, 0.05) is 10.6 Å². The summed E-state index contributed by atoms with van der Waals surface area (Å²) in [5.41, 5.74) is 4.21. The van der Waals surface area contributed by atoms with Gasteiger partial charge in [0.1, 0.15) is 0 Å². The maximum absolute atomic E-state index is 12.4. The highest BCUT2D eigenvalue weighted by Gasteiger charge is 2.28. The van der Waals surface area contributed by atoms with Crippen LogP contribution >= 0.6 is 11.8 Å². The monoisotopic (exact) mass is 308 g/mol. The molecule has 4 heteroatoms. The number of nitrogens with one attached hydrogen (secondary N) is 1. The molecule has 1 aliphatic rings. The number of fused-ring (bicyclic) bond motifs is 1. The zero-order valence-corrected chi connectivity index (χ0v) is 13.1. The number of nitrogens with zero attached hydrogens (tertiary/aromatic N) is 1. The van der Waals surface area contributed by atoms with Crippen molar-refractivity contribution in [1.29, 1.82) is 5.26 Å². The minimum absolute atomic E-state index is 0.0342. The average Bonchev–Trinajstić information content (AvgIpc) is 2.92. The van der Waals surface area contributed by atoms with Crippen molar-refractivity contribution < 1.29 is 4.79 Å². The fourth-order valence-corrected chi connectivity index (χ4v) is 3.79. The Morgan fingerprint density at radius 2 is 2.09 bits per heavy atom. The number of aryl methyl sites for hydroxylation is 1. The molecule has 2 aromatic rings. The molecule has 0 saturated carbocycles. The zero-order valence-electron chi connectivity index (χ0n) is 12.3. The summed E-state index contributed by atoms with van der Waals surface area (Å²) < 4.78 is 0. The van der Waals surface area contributed by atoms with Crippen molar-refractivity contribution in [2.24, 2.45) is 0 Å². The predicted molar refractivity (Wildman–Crippen MR) is 88.9 cm³/mol. The standard InChI is InChI=1S/C18H16N2OS/c1-12-2-5-14-11-17(22-16(14)10-12)18(21)20-15-6-3-13(4-7-15)8-9-19/h2-7,10,17H,8,11H2,1H3,(H,20,21)/t17-/m1/s1. The second-order valence-corrected chi connectivity index (χ2v) is 6.69. The molecule has 1 atom stereocenters. The van der Waals surface area contributed by atoms with Gasteiger partial charge in [-0.3, -0.25) is 4.79 Å². The fraction of sp³-hybridized carbons (Fsp3) is 0.222. The van der Waals surface area contributed by atoms with E-state index in [4.69, 9.17) is 5.26 Å². The molecule has 1 heterocycles. The van der Waals surface area contributed by atoms with Gasteiger partial charge in [0.15, 0.2) is 0 Å². The van der Waals surface area contributed by atoms with Crippen molar-refractivity contribution in [3.8, 4) is 6.07 Å². The summed E-state index contributed by atoms with van der Waals surface area (Å²) in [6.45, 7) is 2.07. The van der Waals surface area contributed by atoms with E-state index in [1.807, 2.05) is 24.3 Å². The van der Waals surface area contributed by atoms with Crippen LogP contribution in [0, 0.1) is 18.3 Å². The molecule has 0 unspecified atom stereocenters. The molecule has 0 aromatic heterocycles. The van der Waals surface area contributed by atoms with E-state index in [9.17, 15) is 4.79 Å². The highest BCUT2D eigenvalue weighted by molar-refractivity contribution is 8.01. The molecule has 22 heavy (non-hydrogen) atoms. The molecular weight excluding hydrogens is 292 g/mol. The SMILES string of the molecule is Cc1ccc2c(c1)S[C@@H](C(=O)Nc1ccc(CC#N)cc1)C2. The Bertz CT molecular complexity index is 747. The summed E-state index contributed by atoms with van der Waals surface area (Å²) >= 11 is 1.63. The molecule has 1 N–H and O–H groups in total. The number of carbonyl (C=O) groups is 1. The molecule has 0 fully saturated rings. The first-order valence-corrected chi connectivity index (χ1v) is 8.06. The van der Waals surface area contributed by atoms with Crippen molar-refractivity contribution >= 4 is 23.4 Å². The predicted octanol–water partition coefficient (Wildman–Crippen LogP) is 3.72. The summed E-state index contributed by atoms with van der Waals surface area (Å²) in [6.07, 6.45) is 1.17. The quantitative estimate of drug-likeness (QED) is 0.940. The minimum atomic E-state index is -0.0735. The van der Waals surface area contributed by atoms with Gasteiger partial charge >= 0.3 is 0 Å². The van der Waals surface area contributed by atoms with E-state index >= 15 is 0 Å². The largest absolute Gasteiger partial charge is 0.325 e. The topological polar surface area (TPSA) is 52.9 Å². The number of hydrogen-bond acceptors (Lipinski definition) is 3. The van der Waals surface area contributed by atoms with Crippen LogP contribution in [-0.4, -0.2) is 11.2 Å². The van der Waals surface area contributed by atoms with Gasteiger partial charge in [0.05, 0.1) is 17.7 Å². The van der Waals surface area contributed by atoms with Gasteiger partial charge in [-0.05, 0) is 42.7 Å². The normalized spacial score (nSPS) is 15.9. The Morgan fingerprint density at radius 1 is 1.32 bits per heavy atom. The molecule has 3 nitrogen and oxygen atoms in total. The molecule has 0 saturated heterocycles. The first-order valence-electron chi connectivity index (χ1n) is 7.18. The number of thioether (sulfide) groups is 1. The molecule has 0 bridgehead atoms. The molecule has 1 aliphatic heterocycles. The van der Waals surface area contributed by atoms with Crippen LogP contribution in [-0.2, 0) is 17.6 Å². The second-order valence-electron chi connectivity index (χ2n) is 5.44. The first kappa shape index (κ1) is 14.7. The molecule has 3 rings (SSSR count). The lowest BCUT2D eigenvalue weighted by molar-refractivity contribution is -0.115. The van der Waals surface area contributed by atoms with Gasteiger partial charge < -0.3 is 5.32 Å². The lowest BCUT2D eigenvalue weighted by atomic mass is 10.1. The van der Waals surface area contributed by atoms with E-state index < -0.39 is 0 Å². The summed E-state index contributed by atoms with van der Waals surface area (Å²) in [4.78, 5) is 13.6. The third kappa shape index (κ3) is 3.15. The number of benzene rings is 2. The Balaban J connectivity index is 1.65. The summed E-state index contributed by atoms with van der Waals surface area (Å²) in [5, 5.41) is 11.5. The molecule has 1 amide bonds. The van der Waals surface area contributed by atoms with E-state index in [0.717, 1.165) is 17.7 Å². The van der Waals surface area contributed by atoms with Crippen molar-refractivity contribution in [2.75, 3.05) is 5.32 Å². The van der Waals surface area contributed by atoms with E-state index in [-0.39, 0.29) is 11.2 Å². The van der Waals surface area contributed by atoms with Crippen molar-refractivity contribution in [2.45, 2.75) is 29.9 Å². The maximum atomic E-state index is 12.4. The number of nitriles is 1. The van der Waals surface area contributed by atoms with Gasteiger partial charge in [-0.25, -0.2) is 0 Å². The fourth-order valence-electron chi connectivity index (χ4n) is 2.50. The summed E-state index contributed by atoms with van der Waals surface area (Å²) in [6, 6.07) is 15.9. The van der Waals surface area contributed by atoms with E-state index in [2.05, 4.69) is 36.5 Å². The smallest absolute Gasteiger partial charge is 0.238 e. The number of amides is 1. The summed E-state index contributed by atoms with van der Waals surface area (Å²) in [7, 11) is 0. The minimum Gasteiger partial charge on any atom is -0.325 e. The Morgan fingerprint density at radius 3 is 2.82 bits per heavy atom. The van der Waals surface area contributed by atoms with Gasteiger partial charge in [-0.15, -0.1) is 11.8 Å². The van der Waals surface area contributed by atoms with Crippen LogP contribution in [0.25, 0.3) is 0 Å². The van der Waals surface area contributed by atoms with Gasteiger partial charge in [-0.2, -0.15) is 5.26 Å². The van der Waals surface area contributed by atoms with Crippen LogP contribution in [0.4, 0.5) is 5.69 Å². The van der Waals surface area contributed by atoms with Crippen molar-refractivity contribution in [3.05, 3.63) is 59.2 Å². The third-order valence-electron chi connectivity index (χ3n) is 3.69. The molecule has 0 radical (unpaired) electrons. The molecule has 0 spiro atoms.